The number of hydrogen-bond acceptors (Lipinski definition) is 8. The van der Waals surface area contributed by atoms with Crippen molar-refractivity contribution in [1.29, 1.82) is 0 Å². The van der Waals surface area contributed by atoms with Gasteiger partial charge in [-0.1, -0.05) is 6.92 Å². The normalized spacial score (nSPS) is 21.8. The van der Waals surface area contributed by atoms with Crippen molar-refractivity contribution in [3.63, 3.8) is 0 Å². The number of halogens is 3. The molecule has 38 heavy (non-hydrogen) atoms. The molecule has 1 aliphatic rings. The second-order valence-electron chi connectivity index (χ2n) is 9.40. The highest BCUT2D eigenvalue weighted by molar-refractivity contribution is 7.15. The van der Waals surface area contributed by atoms with Crippen molar-refractivity contribution in [2.24, 2.45) is 11.8 Å². The fourth-order valence-electron chi connectivity index (χ4n) is 4.76. The van der Waals surface area contributed by atoms with E-state index in [-0.39, 0.29) is 24.7 Å². The van der Waals surface area contributed by atoms with Gasteiger partial charge in [0.1, 0.15) is 16.3 Å². The number of thiazole rings is 1. The van der Waals surface area contributed by atoms with Crippen LogP contribution in [-0.2, 0) is 16.6 Å². The molecule has 0 bridgehead atoms. The zero-order valence-corrected chi connectivity index (χ0v) is 20.8. The fraction of sp³-hybridized carbons (Fsp3) is 0.320. The number of rotatable bonds is 6. The van der Waals surface area contributed by atoms with Crippen LogP contribution in [0.1, 0.15) is 36.9 Å². The highest BCUT2D eigenvalue weighted by Gasteiger charge is 2.43. The van der Waals surface area contributed by atoms with E-state index in [1.54, 1.807) is 30.7 Å². The molecule has 3 heterocycles. The molecule has 3 atom stereocenters. The summed E-state index contributed by atoms with van der Waals surface area (Å²) in [5.41, 5.74) is 0.344. The molecule has 1 fully saturated rings. The molecule has 1 aliphatic carbocycles. The fourth-order valence-corrected chi connectivity index (χ4v) is 5.79. The number of anilines is 2. The quantitative estimate of drug-likeness (QED) is 0.251. The topological polar surface area (TPSA) is 137 Å². The van der Waals surface area contributed by atoms with Gasteiger partial charge in [0.05, 0.1) is 17.0 Å². The molecular formula is C25H23F3N6O3S. The van der Waals surface area contributed by atoms with Gasteiger partial charge in [-0.25, -0.2) is 15.0 Å². The third kappa shape index (κ3) is 5.24. The lowest BCUT2D eigenvalue weighted by molar-refractivity contribution is -0.148. The van der Waals surface area contributed by atoms with Crippen molar-refractivity contribution in [2.45, 2.75) is 38.0 Å². The van der Waals surface area contributed by atoms with Crippen LogP contribution >= 0.6 is 11.3 Å². The van der Waals surface area contributed by atoms with Crippen molar-refractivity contribution >= 4 is 28.9 Å². The summed E-state index contributed by atoms with van der Waals surface area (Å²) in [6.45, 7) is 1.82. The Bertz CT molecular complexity index is 1460. The molecule has 4 N–H and O–H groups in total. The first kappa shape index (κ1) is 25.8. The van der Waals surface area contributed by atoms with E-state index in [0.29, 0.717) is 22.7 Å². The molecule has 2 unspecified atom stereocenters. The van der Waals surface area contributed by atoms with Gasteiger partial charge >= 0.3 is 12.1 Å². The van der Waals surface area contributed by atoms with E-state index in [1.807, 2.05) is 13.0 Å². The number of alkyl halides is 3. The number of nitrogens with zero attached hydrogens (tertiary/aromatic N) is 4. The molecule has 1 saturated carbocycles. The second-order valence-corrected chi connectivity index (χ2v) is 10.4. The van der Waals surface area contributed by atoms with Gasteiger partial charge in [0.2, 0.25) is 5.95 Å². The van der Waals surface area contributed by atoms with E-state index < -0.39 is 29.4 Å². The van der Waals surface area contributed by atoms with Crippen LogP contribution in [0.3, 0.4) is 0 Å². The summed E-state index contributed by atoms with van der Waals surface area (Å²) in [5, 5.41) is 30.8. The molecule has 3 aromatic heterocycles. The molecule has 13 heteroatoms. The van der Waals surface area contributed by atoms with Crippen LogP contribution in [0, 0.1) is 11.8 Å². The minimum Gasteiger partial charge on any atom is -0.481 e. The second kappa shape index (κ2) is 9.80. The lowest BCUT2D eigenvalue weighted by Crippen LogP contribution is -2.38. The molecule has 5 rings (SSSR count). The predicted molar refractivity (Wildman–Crippen MR) is 133 cm³/mol. The summed E-state index contributed by atoms with van der Waals surface area (Å²) >= 11 is 1.29. The Morgan fingerprint density at radius 3 is 2.66 bits per heavy atom. The Morgan fingerprint density at radius 1 is 1.18 bits per heavy atom. The average molecular weight is 545 g/mol. The van der Waals surface area contributed by atoms with Crippen LogP contribution in [0.5, 0.6) is 0 Å². The van der Waals surface area contributed by atoms with Gasteiger partial charge in [0.15, 0.2) is 0 Å². The maximum absolute atomic E-state index is 13.1. The van der Waals surface area contributed by atoms with Gasteiger partial charge < -0.3 is 15.5 Å². The van der Waals surface area contributed by atoms with Crippen LogP contribution in [0.15, 0.2) is 49.1 Å². The van der Waals surface area contributed by atoms with E-state index in [1.165, 1.54) is 11.3 Å². The lowest BCUT2D eigenvalue weighted by atomic mass is 9.72. The molecular weight excluding hydrogens is 521 g/mol. The van der Waals surface area contributed by atoms with Gasteiger partial charge in [-0.3, -0.25) is 9.89 Å². The van der Waals surface area contributed by atoms with Crippen LogP contribution in [0.25, 0.3) is 21.6 Å². The number of carboxylic acids is 1. The number of H-pyrrole nitrogens is 1. The number of carboxylic acid groups (broad SMARTS) is 1. The van der Waals surface area contributed by atoms with Gasteiger partial charge in [-0.2, -0.15) is 18.3 Å². The van der Waals surface area contributed by atoms with E-state index in [2.05, 4.69) is 30.5 Å². The van der Waals surface area contributed by atoms with Gasteiger partial charge in [-0.15, -0.1) is 11.3 Å². The summed E-state index contributed by atoms with van der Waals surface area (Å²) in [6.07, 6.45) is 2.29. The zero-order chi connectivity index (χ0) is 27.1. The van der Waals surface area contributed by atoms with E-state index in [9.17, 15) is 28.2 Å². The first-order chi connectivity index (χ1) is 18.0. The van der Waals surface area contributed by atoms with Crippen molar-refractivity contribution in [2.75, 3.05) is 5.32 Å². The maximum Gasteiger partial charge on any atom is 0.433 e. The first-order valence-corrected chi connectivity index (χ1v) is 12.6. The molecule has 1 aromatic carbocycles. The summed E-state index contributed by atoms with van der Waals surface area (Å²) in [4.78, 5) is 24.2. The number of nitrogens with one attached hydrogen (secondary N) is 2. The van der Waals surface area contributed by atoms with E-state index in [4.69, 9.17) is 0 Å². The van der Waals surface area contributed by atoms with Crippen LogP contribution in [0.4, 0.5) is 24.8 Å². The Balaban J connectivity index is 1.48. The van der Waals surface area contributed by atoms with Crippen LogP contribution in [0.2, 0.25) is 0 Å². The average Bonchev–Trinajstić information content (AvgIpc) is 3.56. The van der Waals surface area contributed by atoms with Gasteiger partial charge in [0.25, 0.3) is 0 Å². The standard InChI is InChI=1S/C25H23F3N6O3S/c1-13-9-24(37,4-2-18(13)21(35)36)22-30-12-19(38-22)15-6-14(16-10-31-32-11-16)7-17(8-15)33-23-29-5-3-20(34-23)25(26,27)28/h3,5-8,10-13,18,37H,2,4,9H2,1H3,(H,31,32)(H,35,36)(H,29,33,34)/t13?,18-,24?/m0/s1. The zero-order valence-electron chi connectivity index (χ0n) is 20.0. The molecule has 0 aliphatic heterocycles. The Labute approximate surface area is 218 Å². The number of aliphatic hydroxyl groups is 1. The molecule has 4 aromatic rings. The molecule has 198 valence electrons. The summed E-state index contributed by atoms with van der Waals surface area (Å²) < 4.78 is 39.4. The van der Waals surface area contributed by atoms with Crippen molar-refractivity contribution in [3.8, 4) is 21.6 Å². The third-order valence-corrected chi connectivity index (χ3v) is 7.93. The highest BCUT2D eigenvalue weighted by atomic mass is 32.1. The SMILES string of the molecule is CC1CC(O)(c2ncc(-c3cc(Nc4nccc(C(F)(F)F)n4)cc(-c4cn[nH]c4)c3)s2)CC[C@@H]1C(=O)O. The minimum atomic E-state index is -4.61. The number of benzene rings is 1. The van der Waals surface area contributed by atoms with E-state index >= 15 is 0 Å². The molecule has 0 amide bonds. The Morgan fingerprint density at radius 2 is 1.97 bits per heavy atom. The number of aromatic nitrogens is 5. The third-order valence-electron chi connectivity index (χ3n) is 6.69. The van der Waals surface area contributed by atoms with Crippen LogP contribution in [-0.4, -0.2) is 41.3 Å². The monoisotopic (exact) mass is 544 g/mol. The maximum atomic E-state index is 13.1. The van der Waals surface area contributed by atoms with Gasteiger partial charge in [-0.05, 0) is 60.6 Å². The molecule has 0 saturated heterocycles. The summed E-state index contributed by atoms with van der Waals surface area (Å²) in [7, 11) is 0. The molecule has 9 nitrogen and oxygen atoms in total. The number of aromatic amines is 1. The number of hydrogen-bond donors (Lipinski definition) is 4. The van der Waals surface area contributed by atoms with Crippen LogP contribution < -0.4 is 5.32 Å². The number of carbonyl (C=O) groups is 1. The smallest absolute Gasteiger partial charge is 0.433 e. The predicted octanol–water partition coefficient (Wildman–Crippen LogP) is 5.46. The number of aliphatic carboxylic acids is 1. The summed E-state index contributed by atoms with van der Waals surface area (Å²) in [6, 6.07) is 6.15. The van der Waals surface area contributed by atoms with Crippen molar-refractivity contribution < 1.29 is 28.2 Å². The summed E-state index contributed by atoms with van der Waals surface area (Å²) in [5.74, 6) is -1.79. The highest BCUT2D eigenvalue weighted by Crippen LogP contribution is 2.45. The largest absolute Gasteiger partial charge is 0.481 e. The first-order valence-electron chi connectivity index (χ1n) is 11.8. The lowest BCUT2D eigenvalue weighted by Gasteiger charge is -2.37. The van der Waals surface area contributed by atoms with E-state index in [0.717, 1.165) is 28.3 Å². The van der Waals surface area contributed by atoms with Gasteiger partial charge in [0, 0.05) is 29.8 Å². The minimum absolute atomic E-state index is 0.210. The van der Waals surface area contributed by atoms with Crippen molar-refractivity contribution in [3.05, 3.63) is 59.8 Å². The Kier molecular flexibility index (Phi) is 6.65. The molecule has 0 spiro atoms. The van der Waals surface area contributed by atoms with Crippen molar-refractivity contribution in [1.82, 2.24) is 25.1 Å². The molecule has 0 radical (unpaired) electrons. The Hall–Kier alpha value is -3.84.